The lowest BCUT2D eigenvalue weighted by Gasteiger charge is -2.31. The summed E-state index contributed by atoms with van der Waals surface area (Å²) in [6, 6.07) is 4.13. The Labute approximate surface area is 85.3 Å². The highest BCUT2D eigenvalue weighted by atomic mass is 16.5. The highest BCUT2D eigenvalue weighted by Crippen LogP contribution is 2.36. The average Bonchev–Trinajstić information content (AvgIpc) is 2.16. The van der Waals surface area contributed by atoms with Crippen LogP contribution < -0.4 is 4.74 Å². The molecule has 0 radical (unpaired) electrons. The van der Waals surface area contributed by atoms with Gasteiger partial charge >= 0.3 is 0 Å². The Morgan fingerprint density at radius 2 is 2.14 bits per heavy atom. The highest BCUT2D eigenvalue weighted by Gasteiger charge is 2.28. The Bertz CT molecular complexity index is 344. The highest BCUT2D eigenvalue weighted by molar-refractivity contribution is 5.33. The molecule has 1 aliphatic carbocycles. The Balaban J connectivity index is 2.46. The molecule has 0 fully saturated rings. The minimum Gasteiger partial charge on any atom is -0.481 e. The van der Waals surface area contributed by atoms with E-state index in [1.807, 2.05) is 6.07 Å². The van der Waals surface area contributed by atoms with Crippen molar-refractivity contribution in [2.24, 2.45) is 0 Å². The Morgan fingerprint density at radius 3 is 2.86 bits per heavy atom. The van der Waals surface area contributed by atoms with Crippen molar-refractivity contribution in [1.82, 2.24) is 4.98 Å². The van der Waals surface area contributed by atoms with Gasteiger partial charge in [-0.05, 0) is 30.2 Å². The summed E-state index contributed by atoms with van der Waals surface area (Å²) in [7, 11) is 1.67. The largest absolute Gasteiger partial charge is 0.481 e. The van der Waals surface area contributed by atoms with Gasteiger partial charge in [-0.1, -0.05) is 19.9 Å². The smallest absolute Gasteiger partial charge is 0.213 e. The SMILES string of the molecule is COc1ccc2c(n1)CCCC2(C)C. The zero-order valence-corrected chi connectivity index (χ0v) is 9.13. The summed E-state index contributed by atoms with van der Waals surface area (Å²) < 4.78 is 5.14. The molecule has 0 saturated carbocycles. The maximum Gasteiger partial charge on any atom is 0.213 e. The standard InChI is InChI=1S/C12H17NO/c1-12(2)8-4-5-10-9(12)6-7-11(13-10)14-3/h6-7H,4-5,8H2,1-3H3. The second-order valence-electron chi connectivity index (χ2n) is 4.59. The summed E-state index contributed by atoms with van der Waals surface area (Å²) in [6.07, 6.45) is 3.59. The average molecular weight is 191 g/mol. The normalized spacial score (nSPS) is 18.8. The van der Waals surface area contributed by atoms with Gasteiger partial charge in [0.05, 0.1) is 7.11 Å². The van der Waals surface area contributed by atoms with Gasteiger partial charge in [0, 0.05) is 11.8 Å². The van der Waals surface area contributed by atoms with Crippen LogP contribution in [0.1, 0.15) is 37.9 Å². The number of aryl methyl sites for hydroxylation is 1. The van der Waals surface area contributed by atoms with Crippen molar-refractivity contribution in [3.8, 4) is 5.88 Å². The van der Waals surface area contributed by atoms with Gasteiger partial charge in [0.15, 0.2) is 0 Å². The molecule has 0 spiro atoms. The van der Waals surface area contributed by atoms with E-state index >= 15 is 0 Å². The van der Waals surface area contributed by atoms with Crippen LogP contribution in [0.5, 0.6) is 5.88 Å². The van der Waals surface area contributed by atoms with Crippen molar-refractivity contribution < 1.29 is 4.74 Å². The van der Waals surface area contributed by atoms with Gasteiger partial charge < -0.3 is 4.74 Å². The fraction of sp³-hybridized carbons (Fsp3) is 0.583. The molecule has 0 saturated heterocycles. The lowest BCUT2D eigenvalue weighted by molar-refractivity contribution is 0.384. The van der Waals surface area contributed by atoms with Crippen LogP contribution in [0, 0.1) is 0 Å². The Kier molecular flexibility index (Phi) is 2.22. The van der Waals surface area contributed by atoms with Gasteiger partial charge in [-0.2, -0.15) is 0 Å². The van der Waals surface area contributed by atoms with Crippen molar-refractivity contribution in [1.29, 1.82) is 0 Å². The third-order valence-corrected chi connectivity index (χ3v) is 3.10. The molecule has 0 aliphatic heterocycles. The monoisotopic (exact) mass is 191 g/mol. The van der Waals surface area contributed by atoms with Crippen LogP contribution in [-0.4, -0.2) is 12.1 Å². The molecule has 0 atom stereocenters. The zero-order chi connectivity index (χ0) is 10.2. The number of hydrogen-bond donors (Lipinski definition) is 0. The summed E-state index contributed by atoms with van der Waals surface area (Å²) >= 11 is 0. The predicted molar refractivity (Wildman–Crippen MR) is 56.8 cm³/mol. The van der Waals surface area contributed by atoms with E-state index in [1.165, 1.54) is 24.1 Å². The van der Waals surface area contributed by atoms with Crippen LogP contribution in [0.15, 0.2) is 12.1 Å². The molecule has 0 bridgehead atoms. The molecule has 0 unspecified atom stereocenters. The van der Waals surface area contributed by atoms with Gasteiger partial charge in [0.2, 0.25) is 5.88 Å². The first-order chi connectivity index (χ1) is 6.63. The van der Waals surface area contributed by atoms with Crippen LogP contribution in [0.3, 0.4) is 0 Å². The van der Waals surface area contributed by atoms with E-state index in [1.54, 1.807) is 7.11 Å². The molecule has 0 aromatic carbocycles. The van der Waals surface area contributed by atoms with Crippen LogP contribution in [-0.2, 0) is 11.8 Å². The molecule has 76 valence electrons. The summed E-state index contributed by atoms with van der Waals surface area (Å²) in [5, 5.41) is 0. The van der Waals surface area contributed by atoms with E-state index in [9.17, 15) is 0 Å². The first-order valence-electron chi connectivity index (χ1n) is 5.18. The molecule has 14 heavy (non-hydrogen) atoms. The molecule has 1 heterocycles. The molecule has 2 heteroatoms. The van der Waals surface area contributed by atoms with E-state index in [4.69, 9.17) is 4.74 Å². The first kappa shape index (κ1) is 9.50. The molecule has 1 aliphatic rings. The second-order valence-corrected chi connectivity index (χ2v) is 4.59. The number of nitrogens with zero attached hydrogens (tertiary/aromatic N) is 1. The van der Waals surface area contributed by atoms with Crippen LogP contribution >= 0.6 is 0 Å². The molecule has 2 nitrogen and oxygen atoms in total. The molecule has 0 amide bonds. The minimum atomic E-state index is 0.285. The Hall–Kier alpha value is -1.05. The summed E-state index contributed by atoms with van der Waals surface area (Å²) in [6.45, 7) is 4.58. The quantitative estimate of drug-likeness (QED) is 0.681. The molecule has 1 aromatic rings. The van der Waals surface area contributed by atoms with Crippen molar-refractivity contribution in [3.63, 3.8) is 0 Å². The predicted octanol–water partition coefficient (Wildman–Crippen LogP) is 2.70. The third-order valence-electron chi connectivity index (χ3n) is 3.10. The van der Waals surface area contributed by atoms with Crippen molar-refractivity contribution in [3.05, 3.63) is 23.4 Å². The summed E-state index contributed by atoms with van der Waals surface area (Å²) in [5.41, 5.74) is 2.90. The second kappa shape index (κ2) is 3.26. The number of fused-ring (bicyclic) bond motifs is 1. The van der Waals surface area contributed by atoms with Crippen molar-refractivity contribution in [2.75, 3.05) is 7.11 Å². The molecular weight excluding hydrogens is 174 g/mol. The van der Waals surface area contributed by atoms with E-state index < -0.39 is 0 Å². The Morgan fingerprint density at radius 1 is 1.36 bits per heavy atom. The maximum atomic E-state index is 5.14. The van der Waals surface area contributed by atoms with Gasteiger partial charge in [0.1, 0.15) is 0 Å². The van der Waals surface area contributed by atoms with Crippen molar-refractivity contribution >= 4 is 0 Å². The van der Waals surface area contributed by atoms with E-state index in [-0.39, 0.29) is 5.41 Å². The number of pyridine rings is 1. The maximum absolute atomic E-state index is 5.14. The van der Waals surface area contributed by atoms with Crippen LogP contribution in [0.4, 0.5) is 0 Å². The number of ether oxygens (including phenoxy) is 1. The number of methoxy groups -OCH3 is 1. The van der Waals surface area contributed by atoms with Gasteiger partial charge in [0.25, 0.3) is 0 Å². The van der Waals surface area contributed by atoms with Crippen LogP contribution in [0.25, 0.3) is 0 Å². The summed E-state index contributed by atoms with van der Waals surface area (Å²) in [4.78, 5) is 4.51. The molecule has 2 rings (SSSR count). The fourth-order valence-electron chi connectivity index (χ4n) is 2.23. The summed E-state index contributed by atoms with van der Waals surface area (Å²) in [5.74, 6) is 0.737. The molecule has 0 N–H and O–H groups in total. The lowest BCUT2D eigenvalue weighted by atomic mass is 9.75. The topological polar surface area (TPSA) is 22.1 Å². The minimum absolute atomic E-state index is 0.285. The number of hydrogen-bond acceptors (Lipinski definition) is 2. The van der Waals surface area contributed by atoms with Gasteiger partial charge in [-0.25, -0.2) is 4.98 Å². The van der Waals surface area contributed by atoms with Crippen LogP contribution in [0.2, 0.25) is 0 Å². The van der Waals surface area contributed by atoms with Crippen molar-refractivity contribution in [2.45, 2.75) is 38.5 Å². The van der Waals surface area contributed by atoms with E-state index in [0.29, 0.717) is 0 Å². The fourth-order valence-corrected chi connectivity index (χ4v) is 2.23. The molecule has 1 aromatic heterocycles. The third kappa shape index (κ3) is 1.49. The van der Waals surface area contributed by atoms with Gasteiger partial charge in [-0.3, -0.25) is 0 Å². The van der Waals surface area contributed by atoms with E-state index in [2.05, 4.69) is 24.9 Å². The number of rotatable bonds is 1. The van der Waals surface area contributed by atoms with Gasteiger partial charge in [-0.15, -0.1) is 0 Å². The lowest BCUT2D eigenvalue weighted by Crippen LogP contribution is -2.24. The zero-order valence-electron chi connectivity index (χ0n) is 9.13. The van der Waals surface area contributed by atoms with E-state index in [0.717, 1.165) is 12.3 Å². The number of aromatic nitrogens is 1. The first-order valence-corrected chi connectivity index (χ1v) is 5.18. The molecular formula is C12H17NO.